The molecule has 1 amide bonds. The van der Waals surface area contributed by atoms with Crippen molar-refractivity contribution in [3.63, 3.8) is 0 Å². The van der Waals surface area contributed by atoms with Crippen molar-refractivity contribution in [2.75, 3.05) is 26.2 Å². The molecule has 0 unspecified atom stereocenters. The third-order valence-electron chi connectivity index (χ3n) is 5.16. The van der Waals surface area contributed by atoms with Crippen LogP contribution in [0.4, 0.5) is 13.2 Å². The quantitative estimate of drug-likeness (QED) is 0.759. The zero-order chi connectivity index (χ0) is 21.9. The first-order valence-electron chi connectivity index (χ1n) is 9.61. The smallest absolute Gasteiger partial charge is 0.353 e. The maximum atomic E-state index is 13.4. The Labute approximate surface area is 167 Å². The van der Waals surface area contributed by atoms with E-state index < -0.39 is 29.4 Å². The summed E-state index contributed by atoms with van der Waals surface area (Å²) in [5.41, 5.74) is -1.06. The van der Waals surface area contributed by atoms with Gasteiger partial charge in [0.2, 0.25) is 11.6 Å². The molecule has 0 aliphatic heterocycles. The van der Waals surface area contributed by atoms with Crippen LogP contribution in [0.3, 0.4) is 0 Å². The van der Waals surface area contributed by atoms with E-state index in [9.17, 15) is 22.8 Å². The third kappa shape index (κ3) is 4.95. The number of carbonyl (C=O) groups excluding carboxylic acids is 1. The maximum Gasteiger partial charge on any atom is 0.438 e. The van der Waals surface area contributed by atoms with Crippen LogP contribution in [0.15, 0.2) is 16.9 Å². The summed E-state index contributed by atoms with van der Waals surface area (Å²) in [4.78, 5) is 30.9. The van der Waals surface area contributed by atoms with E-state index >= 15 is 0 Å². The fourth-order valence-corrected chi connectivity index (χ4v) is 3.17. The summed E-state index contributed by atoms with van der Waals surface area (Å²) in [5.74, 6) is -0.516. The Morgan fingerprint density at radius 2 is 1.79 bits per heavy atom. The summed E-state index contributed by atoms with van der Waals surface area (Å²) in [5, 5.41) is 2.71. The Kier molecular flexibility index (Phi) is 7.05. The summed E-state index contributed by atoms with van der Waals surface area (Å²) < 4.78 is 41.1. The van der Waals surface area contributed by atoms with Gasteiger partial charge in [-0.3, -0.25) is 14.2 Å². The summed E-state index contributed by atoms with van der Waals surface area (Å²) in [7, 11) is 0. The van der Waals surface area contributed by atoms with Gasteiger partial charge in [-0.15, -0.1) is 0 Å². The van der Waals surface area contributed by atoms with Crippen molar-refractivity contribution in [2.45, 2.75) is 46.8 Å². The largest absolute Gasteiger partial charge is 0.438 e. The molecule has 1 atom stereocenters. The minimum Gasteiger partial charge on any atom is -0.353 e. The molecule has 0 bridgehead atoms. The van der Waals surface area contributed by atoms with Crippen LogP contribution in [0.1, 0.15) is 43.6 Å². The van der Waals surface area contributed by atoms with Crippen molar-refractivity contribution in [1.82, 2.24) is 19.8 Å². The van der Waals surface area contributed by atoms with Crippen LogP contribution in [0.5, 0.6) is 0 Å². The van der Waals surface area contributed by atoms with Gasteiger partial charge in [0.1, 0.15) is 6.04 Å². The molecular weight excluding hydrogens is 385 g/mol. The first kappa shape index (κ1) is 22.9. The van der Waals surface area contributed by atoms with Gasteiger partial charge in [0, 0.05) is 13.1 Å². The Balaban J connectivity index is 2.49. The van der Waals surface area contributed by atoms with E-state index in [0.717, 1.165) is 28.8 Å². The Bertz CT molecular complexity index is 949. The zero-order valence-electron chi connectivity index (χ0n) is 17.4. The second-order valence-electron chi connectivity index (χ2n) is 7.05. The Hall–Kier alpha value is -2.42. The van der Waals surface area contributed by atoms with Gasteiger partial charge in [-0.05, 0) is 57.1 Å². The lowest BCUT2D eigenvalue weighted by molar-refractivity contribution is -0.142. The number of hydrogen-bond acceptors (Lipinski definition) is 4. The van der Waals surface area contributed by atoms with E-state index in [1.807, 2.05) is 13.8 Å². The van der Waals surface area contributed by atoms with Crippen molar-refractivity contribution in [2.24, 2.45) is 0 Å². The molecule has 1 aromatic carbocycles. The molecule has 0 saturated heterocycles. The number of fused-ring (bicyclic) bond motifs is 1. The molecule has 1 N–H and O–H groups in total. The lowest BCUT2D eigenvalue weighted by atomic mass is 10.1. The lowest BCUT2D eigenvalue weighted by Crippen LogP contribution is -2.41. The molecular formula is C20H27F3N4O2. The first-order valence-corrected chi connectivity index (χ1v) is 9.61. The van der Waals surface area contributed by atoms with Crippen LogP contribution in [0.25, 0.3) is 11.0 Å². The summed E-state index contributed by atoms with van der Waals surface area (Å²) in [6.45, 7) is 11.6. The third-order valence-corrected chi connectivity index (χ3v) is 5.16. The fourth-order valence-electron chi connectivity index (χ4n) is 3.17. The van der Waals surface area contributed by atoms with E-state index in [-0.39, 0.29) is 11.0 Å². The van der Waals surface area contributed by atoms with Crippen LogP contribution >= 0.6 is 0 Å². The summed E-state index contributed by atoms with van der Waals surface area (Å²) in [6, 6.07) is 1.98. The van der Waals surface area contributed by atoms with Crippen LogP contribution < -0.4 is 10.9 Å². The Morgan fingerprint density at radius 1 is 1.21 bits per heavy atom. The number of hydrogen-bond donors (Lipinski definition) is 1. The summed E-state index contributed by atoms with van der Waals surface area (Å²) >= 11 is 0. The number of benzene rings is 1. The molecule has 1 heterocycles. The topological polar surface area (TPSA) is 67.2 Å². The molecule has 0 radical (unpaired) electrons. The number of carbonyl (C=O) groups is 1. The van der Waals surface area contributed by atoms with E-state index in [1.165, 1.54) is 13.0 Å². The average molecular weight is 412 g/mol. The fraction of sp³-hybridized carbons (Fsp3) is 0.550. The first-order chi connectivity index (χ1) is 13.5. The maximum absolute atomic E-state index is 13.4. The van der Waals surface area contributed by atoms with Crippen molar-refractivity contribution in [3.05, 3.63) is 39.3 Å². The van der Waals surface area contributed by atoms with E-state index in [0.29, 0.717) is 13.1 Å². The highest BCUT2D eigenvalue weighted by Crippen LogP contribution is 2.28. The molecule has 0 spiro atoms. The summed E-state index contributed by atoms with van der Waals surface area (Å²) in [6.07, 6.45) is -4.91. The second kappa shape index (κ2) is 8.94. The number of alkyl halides is 3. The van der Waals surface area contributed by atoms with Gasteiger partial charge < -0.3 is 10.2 Å². The lowest BCUT2D eigenvalue weighted by Gasteiger charge is -2.22. The molecule has 0 saturated carbocycles. The van der Waals surface area contributed by atoms with Gasteiger partial charge in [0.05, 0.1) is 11.0 Å². The number of rotatable bonds is 7. The molecule has 29 heavy (non-hydrogen) atoms. The van der Waals surface area contributed by atoms with Crippen molar-refractivity contribution in [1.29, 1.82) is 0 Å². The van der Waals surface area contributed by atoms with Gasteiger partial charge in [-0.1, -0.05) is 13.8 Å². The monoisotopic (exact) mass is 412 g/mol. The molecule has 0 fully saturated rings. The van der Waals surface area contributed by atoms with E-state index in [1.54, 1.807) is 19.9 Å². The normalized spacial score (nSPS) is 13.1. The number of nitrogens with zero attached hydrogens (tertiary/aromatic N) is 3. The average Bonchev–Trinajstić information content (AvgIpc) is 2.64. The number of nitrogens with one attached hydrogen (secondary N) is 1. The molecule has 6 nitrogen and oxygen atoms in total. The SMILES string of the molecule is CCN(CC)CCNC(=O)[C@@H](C)n1c(=O)c(C(F)(F)F)nc2cc(C)c(C)cc21. The molecule has 0 aliphatic rings. The van der Waals surface area contributed by atoms with Crippen LogP contribution in [0.2, 0.25) is 0 Å². The van der Waals surface area contributed by atoms with Crippen LogP contribution in [-0.4, -0.2) is 46.5 Å². The van der Waals surface area contributed by atoms with Crippen LogP contribution in [0, 0.1) is 13.8 Å². The number of aryl methyl sites for hydroxylation is 2. The van der Waals surface area contributed by atoms with Gasteiger partial charge in [-0.2, -0.15) is 13.2 Å². The molecule has 2 aromatic rings. The Morgan fingerprint density at radius 3 is 2.34 bits per heavy atom. The van der Waals surface area contributed by atoms with Gasteiger partial charge in [-0.25, -0.2) is 4.98 Å². The van der Waals surface area contributed by atoms with Gasteiger partial charge in [0.15, 0.2) is 0 Å². The van der Waals surface area contributed by atoms with E-state index in [4.69, 9.17) is 0 Å². The predicted molar refractivity (Wildman–Crippen MR) is 106 cm³/mol. The van der Waals surface area contributed by atoms with Crippen molar-refractivity contribution >= 4 is 16.9 Å². The predicted octanol–water partition coefficient (Wildman–Crippen LogP) is 3.05. The second-order valence-corrected chi connectivity index (χ2v) is 7.05. The number of aromatic nitrogens is 2. The molecule has 160 valence electrons. The number of likely N-dealkylation sites (N-methyl/N-ethyl adjacent to an activating group) is 1. The van der Waals surface area contributed by atoms with Gasteiger partial charge >= 0.3 is 6.18 Å². The molecule has 9 heteroatoms. The number of halogens is 3. The van der Waals surface area contributed by atoms with E-state index in [2.05, 4.69) is 15.2 Å². The van der Waals surface area contributed by atoms with Gasteiger partial charge in [0.25, 0.3) is 5.56 Å². The molecule has 2 rings (SSSR count). The minimum atomic E-state index is -4.91. The van der Waals surface area contributed by atoms with Crippen LogP contribution in [-0.2, 0) is 11.0 Å². The molecule has 1 aromatic heterocycles. The highest BCUT2D eigenvalue weighted by atomic mass is 19.4. The highest BCUT2D eigenvalue weighted by Gasteiger charge is 2.38. The zero-order valence-corrected chi connectivity index (χ0v) is 17.4. The number of amides is 1. The standard InChI is InChI=1S/C20H27F3N4O2/c1-6-26(7-2)9-8-24-18(28)14(5)27-16-11-13(4)12(3)10-15(16)25-17(19(27)29)20(21,22)23/h10-11,14H,6-9H2,1-5H3,(H,24,28)/t14-/m1/s1. The highest BCUT2D eigenvalue weighted by molar-refractivity contribution is 5.84. The molecule has 0 aliphatic carbocycles. The van der Waals surface area contributed by atoms with Crippen molar-refractivity contribution in [3.8, 4) is 0 Å². The van der Waals surface area contributed by atoms with Crippen molar-refractivity contribution < 1.29 is 18.0 Å². The minimum absolute atomic E-state index is 0.0304.